The van der Waals surface area contributed by atoms with E-state index in [1.165, 1.54) is 0 Å². The van der Waals surface area contributed by atoms with Crippen LogP contribution < -0.4 is 11.3 Å². The summed E-state index contributed by atoms with van der Waals surface area (Å²) in [6, 6.07) is 3.46. The van der Waals surface area contributed by atoms with Crippen molar-refractivity contribution in [3.63, 3.8) is 0 Å². The zero-order valence-corrected chi connectivity index (χ0v) is 9.18. The Balaban J connectivity index is 3.09. The highest BCUT2D eigenvalue weighted by Gasteiger charge is 2.07. The Labute approximate surface area is 89.1 Å². The number of hydrogen-bond donors (Lipinski definition) is 2. The monoisotopic (exact) mass is 252 g/mol. The average molecular weight is 253 g/mol. The number of benzene rings is 1. The number of H-pyrrole nitrogens is 1. The summed E-state index contributed by atoms with van der Waals surface area (Å²) in [6.07, 6.45) is 1.69. The van der Waals surface area contributed by atoms with Gasteiger partial charge in [-0.3, -0.25) is 4.79 Å². The molecule has 14 heavy (non-hydrogen) atoms. The second-order valence-electron chi connectivity index (χ2n) is 3.19. The van der Waals surface area contributed by atoms with Gasteiger partial charge in [0.05, 0.1) is 0 Å². The van der Waals surface area contributed by atoms with E-state index in [4.69, 9.17) is 5.73 Å². The summed E-state index contributed by atoms with van der Waals surface area (Å²) in [5, 5.41) is 1.54. The van der Waals surface area contributed by atoms with Crippen molar-refractivity contribution >= 4 is 32.4 Å². The van der Waals surface area contributed by atoms with Crippen molar-refractivity contribution in [2.24, 2.45) is 0 Å². The van der Waals surface area contributed by atoms with Gasteiger partial charge < -0.3 is 10.7 Å². The first-order valence-corrected chi connectivity index (χ1v) is 4.96. The molecule has 0 unspecified atom stereocenters. The number of rotatable bonds is 0. The number of nitrogens with one attached hydrogen (secondary N) is 1. The predicted molar refractivity (Wildman–Crippen MR) is 61.4 cm³/mol. The number of anilines is 1. The van der Waals surface area contributed by atoms with Gasteiger partial charge in [0.25, 0.3) is 5.56 Å². The molecular formula is C10H9BrN2O. The third kappa shape index (κ3) is 1.23. The van der Waals surface area contributed by atoms with Crippen molar-refractivity contribution < 1.29 is 0 Å². The van der Waals surface area contributed by atoms with Gasteiger partial charge in [0.1, 0.15) is 0 Å². The molecule has 2 rings (SSSR count). The fourth-order valence-electron chi connectivity index (χ4n) is 1.49. The number of aryl methyl sites for hydroxylation is 1. The number of aromatic nitrogens is 1. The van der Waals surface area contributed by atoms with Gasteiger partial charge in [0, 0.05) is 27.1 Å². The van der Waals surface area contributed by atoms with E-state index in [1.54, 1.807) is 18.3 Å². The molecule has 0 saturated heterocycles. The number of nitrogen functional groups attached to an aromatic ring is 1. The summed E-state index contributed by atoms with van der Waals surface area (Å²) in [6.45, 7) is 1.93. The standard InChI is InChI=1S/C10H9BrN2O/c1-5-4-13-10(14)6-2-3-7(12)9(11)8(5)6/h2-4H,12H2,1H3,(H,13,14). The molecule has 0 aliphatic rings. The molecule has 0 spiro atoms. The van der Waals surface area contributed by atoms with E-state index in [2.05, 4.69) is 20.9 Å². The van der Waals surface area contributed by atoms with Crippen molar-refractivity contribution in [1.82, 2.24) is 4.98 Å². The maximum absolute atomic E-state index is 11.5. The zero-order valence-electron chi connectivity index (χ0n) is 7.60. The molecule has 4 heteroatoms. The van der Waals surface area contributed by atoms with Gasteiger partial charge >= 0.3 is 0 Å². The van der Waals surface area contributed by atoms with E-state index in [0.29, 0.717) is 11.1 Å². The molecular weight excluding hydrogens is 244 g/mol. The number of halogens is 1. The van der Waals surface area contributed by atoms with Gasteiger partial charge in [-0.05, 0) is 40.5 Å². The lowest BCUT2D eigenvalue weighted by Gasteiger charge is -2.05. The molecule has 0 amide bonds. The minimum absolute atomic E-state index is 0.0914. The third-order valence-electron chi connectivity index (χ3n) is 2.23. The van der Waals surface area contributed by atoms with Gasteiger partial charge in [-0.15, -0.1) is 0 Å². The van der Waals surface area contributed by atoms with Crippen LogP contribution in [0.1, 0.15) is 5.56 Å². The van der Waals surface area contributed by atoms with Crippen LogP contribution in [0.2, 0.25) is 0 Å². The van der Waals surface area contributed by atoms with Gasteiger partial charge in [-0.25, -0.2) is 0 Å². The summed E-state index contributed by atoms with van der Waals surface area (Å²) >= 11 is 3.39. The van der Waals surface area contributed by atoms with E-state index in [0.717, 1.165) is 15.4 Å². The van der Waals surface area contributed by atoms with Gasteiger partial charge in [0.15, 0.2) is 0 Å². The molecule has 0 saturated carbocycles. The molecule has 0 radical (unpaired) electrons. The fourth-order valence-corrected chi connectivity index (χ4v) is 2.15. The minimum Gasteiger partial charge on any atom is -0.398 e. The zero-order chi connectivity index (χ0) is 10.3. The number of fused-ring (bicyclic) bond motifs is 1. The van der Waals surface area contributed by atoms with Crippen LogP contribution in [-0.2, 0) is 0 Å². The van der Waals surface area contributed by atoms with E-state index in [9.17, 15) is 4.79 Å². The molecule has 2 aromatic rings. The topological polar surface area (TPSA) is 58.9 Å². The van der Waals surface area contributed by atoms with Crippen LogP contribution in [0.25, 0.3) is 10.8 Å². The number of aromatic amines is 1. The van der Waals surface area contributed by atoms with E-state index >= 15 is 0 Å². The first-order valence-electron chi connectivity index (χ1n) is 4.17. The lowest BCUT2D eigenvalue weighted by molar-refractivity contribution is 1.24. The number of hydrogen-bond acceptors (Lipinski definition) is 2. The summed E-state index contributed by atoms with van der Waals surface area (Å²) in [5.41, 5.74) is 7.30. The summed E-state index contributed by atoms with van der Waals surface area (Å²) < 4.78 is 0.790. The quantitative estimate of drug-likeness (QED) is 0.707. The average Bonchev–Trinajstić information content (AvgIpc) is 2.16. The smallest absolute Gasteiger partial charge is 0.255 e. The van der Waals surface area contributed by atoms with Crippen LogP contribution in [0.15, 0.2) is 27.6 Å². The summed E-state index contributed by atoms with van der Waals surface area (Å²) in [4.78, 5) is 14.1. The van der Waals surface area contributed by atoms with Crippen LogP contribution in [0, 0.1) is 6.92 Å². The molecule has 0 fully saturated rings. The van der Waals surface area contributed by atoms with E-state index in [-0.39, 0.29) is 5.56 Å². The molecule has 0 bridgehead atoms. The first kappa shape index (κ1) is 9.27. The maximum Gasteiger partial charge on any atom is 0.255 e. The SMILES string of the molecule is Cc1c[nH]c(=O)c2ccc(N)c(Br)c12. The Hall–Kier alpha value is -1.29. The van der Waals surface area contributed by atoms with Crippen LogP contribution in [0.5, 0.6) is 0 Å². The minimum atomic E-state index is -0.0914. The van der Waals surface area contributed by atoms with Crippen molar-refractivity contribution in [3.05, 3.63) is 38.7 Å². The Kier molecular flexibility index (Phi) is 2.07. The normalized spacial score (nSPS) is 10.7. The summed E-state index contributed by atoms with van der Waals surface area (Å²) in [7, 11) is 0. The molecule has 0 atom stereocenters. The Morgan fingerprint density at radius 1 is 1.43 bits per heavy atom. The fraction of sp³-hybridized carbons (Fsp3) is 0.100. The summed E-state index contributed by atoms with van der Waals surface area (Å²) in [5.74, 6) is 0. The van der Waals surface area contributed by atoms with E-state index < -0.39 is 0 Å². The van der Waals surface area contributed by atoms with Crippen molar-refractivity contribution in [2.75, 3.05) is 5.73 Å². The lowest BCUT2D eigenvalue weighted by atomic mass is 10.1. The largest absolute Gasteiger partial charge is 0.398 e. The highest BCUT2D eigenvalue weighted by molar-refractivity contribution is 9.10. The molecule has 1 aromatic carbocycles. The predicted octanol–water partition coefficient (Wildman–Crippen LogP) is 2.18. The highest BCUT2D eigenvalue weighted by Crippen LogP contribution is 2.29. The van der Waals surface area contributed by atoms with Gasteiger partial charge in [-0.1, -0.05) is 0 Å². The van der Waals surface area contributed by atoms with Gasteiger partial charge in [-0.2, -0.15) is 0 Å². The second kappa shape index (κ2) is 3.13. The van der Waals surface area contributed by atoms with Crippen LogP contribution >= 0.6 is 15.9 Å². The van der Waals surface area contributed by atoms with Gasteiger partial charge in [0.2, 0.25) is 0 Å². The molecule has 1 aromatic heterocycles. The first-order chi connectivity index (χ1) is 6.61. The molecule has 3 N–H and O–H groups in total. The number of pyridine rings is 1. The highest BCUT2D eigenvalue weighted by atomic mass is 79.9. The molecule has 1 heterocycles. The van der Waals surface area contributed by atoms with E-state index in [1.807, 2.05) is 6.92 Å². The number of nitrogens with two attached hydrogens (primary N) is 1. The van der Waals surface area contributed by atoms with Crippen molar-refractivity contribution in [3.8, 4) is 0 Å². The molecule has 72 valence electrons. The lowest BCUT2D eigenvalue weighted by Crippen LogP contribution is -2.06. The van der Waals surface area contributed by atoms with Crippen LogP contribution in [0.3, 0.4) is 0 Å². The second-order valence-corrected chi connectivity index (χ2v) is 3.99. The maximum atomic E-state index is 11.5. The third-order valence-corrected chi connectivity index (χ3v) is 3.08. The van der Waals surface area contributed by atoms with Crippen molar-refractivity contribution in [2.45, 2.75) is 6.92 Å². The Morgan fingerprint density at radius 2 is 2.14 bits per heavy atom. The van der Waals surface area contributed by atoms with Crippen LogP contribution in [-0.4, -0.2) is 4.98 Å². The Bertz CT molecular complexity index is 560. The van der Waals surface area contributed by atoms with Crippen LogP contribution in [0.4, 0.5) is 5.69 Å². The molecule has 3 nitrogen and oxygen atoms in total. The Morgan fingerprint density at radius 3 is 2.86 bits per heavy atom. The van der Waals surface area contributed by atoms with Crippen molar-refractivity contribution in [1.29, 1.82) is 0 Å². The molecule has 0 aliphatic carbocycles. The molecule has 0 aliphatic heterocycles.